The smallest absolute Gasteiger partial charge is 0.257 e. The van der Waals surface area contributed by atoms with Gasteiger partial charge in [0.15, 0.2) is 6.29 Å². The second-order valence-electron chi connectivity index (χ2n) is 8.77. The van der Waals surface area contributed by atoms with Crippen LogP contribution in [0, 0.1) is 12.7 Å². The zero-order valence-electron chi connectivity index (χ0n) is 21.3. The highest BCUT2D eigenvalue weighted by molar-refractivity contribution is 7.74. The summed E-state index contributed by atoms with van der Waals surface area (Å²) >= 11 is 2.53. The van der Waals surface area contributed by atoms with Crippen molar-refractivity contribution in [2.45, 2.75) is 72.1 Å². The van der Waals surface area contributed by atoms with Crippen LogP contribution in [0.25, 0.3) is 22.3 Å². The molecule has 1 aliphatic carbocycles. The van der Waals surface area contributed by atoms with Crippen molar-refractivity contribution in [2.75, 3.05) is 7.11 Å². The number of ether oxygens (including phenoxy) is 1. The molecular formula is C27H33FN2O5S. The Morgan fingerprint density at radius 2 is 1.89 bits per heavy atom. The van der Waals surface area contributed by atoms with Crippen molar-refractivity contribution >= 4 is 30.1 Å². The summed E-state index contributed by atoms with van der Waals surface area (Å²) in [6.07, 6.45) is 3.15. The van der Waals surface area contributed by atoms with Crippen molar-refractivity contribution in [1.29, 1.82) is 0 Å². The number of hydrogen-bond donors (Lipinski definition) is 3. The predicted molar refractivity (Wildman–Crippen MR) is 141 cm³/mol. The first-order chi connectivity index (χ1) is 17.3. The van der Waals surface area contributed by atoms with Gasteiger partial charge in [0.25, 0.3) is 5.56 Å². The minimum atomic E-state index is -1.80. The summed E-state index contributed by atoms with van der Waals surface area (Å²) in [6.45, 7) is 7.84. The van der Waals surface area contributed by atoms with Gasteiger partial charge in [-0.1, -0.05) is 20.8 Å². The maximum atomic E-state index is 14.6. The van der Waals surface area contributed by atoms with Crippen molar-refractivity contribution in [1.82, 2.24) is 9.55 Å². The number of thiol groups is 1. The fourth-order valence-corrected chi connectivity index (χ4v) is 5.31. The first-order valence-corrected chi connectivity index (χ1v) is 12.5. The quantitative estimate of drug-likeness (QED) is 0.202. The van der Waals surface area contributed by atoms with Gasteiger partial charge in [0.05, 0.1) is 30.1 Å². The van der Waals surface area contributed by atoms with Crippen molar-refractivity contribution in [3.05, 3.63) is 61.7 Å². The van der Waals surface area contributed by atoms with Crippen LogP contribution in [0.4, 0.5) is 4.39 Å². The number of benzene rings is 1. The van der Waals surface area contributed by atoms with E-state index in [4.69, 9.17) is 14.3 Å². The third kappa shape index (κ3) is 4.28. The van der Waals surface area contributed by atoms with E-state index in [0.717, 1.165) is 41.3 Å². The third-order valence-corrected chi connectivity index (χ3v) is 7.12. The van der Waals surface area contributed by atoms with Crippen LogP contribution < -0.4 is 5.56 Å². The highest BCUT2D eigenvalue weighted by Gasteiger charge is 2.36. The topological polar surface area (TPSA) is 102 Å². The lowest BCUT2D eigenvalue weighted by atomic mass is 9.84. The van der Waals surface area contributed by atoms with Crippen LogP contribution in [0.15, 0.2) is 16.9 Å². The zero-order chi connectivity index (χ0) is 26.8. The van der Waals surface area contributed by atoms with Crippen molar-refractivity contribution in [2.24, 2.45) is 0 Å². The van der Waals surface area contributed by atoms with Gasteiger partial charge in [-0.15, -0.1) is 0 Å². The second-order valence-corrected chi connectivity index (χ2v) is 8.77. The molecule has 0 radical (unpaired) electrons. The van der Waals surface area contributed by atoms with E-state index in [9.17, 15) is 19.1 Å². The van der Waals surface area contributed by atoms with Gasteiger partial charge in [-0.3, -0.25) is 9.59 Å². The molecule has 1 aromatic carbocycles. The molecule has 0 bridgehead atoms. The Bertz CT molecular complexity index is 1370. The lowest BCUT2D eigenvalue weighted by Gasteiger charge is -2.24. The monoisotopic (exact) mass is 516 g/mol. The maximum absolute atomic E-state index is 14.6. The summed E-state index contributed by atoms with van der Waals surface area (Å²) < 4.78 is 28.2. The van der Waals surface area contributed by atoms with E-state index in [0.29, 0.717) is 35.3 Å². The van der Waals surface area contributed by atoms with Crippen LogP contribution in [-0.2, 0) is 41.1 Å². The summed E-state index contributed by atoms with van der Waals surface area (Å²) in [7, 11) is 1.47. The number of rotatable bonds is 5. The average molecular weight is 517 g/mol. The number of carbonyl (C=O) groups is 1. The van der Waals surface area contributed by atoms with E-state index in [1.807, 2.05) is 13.8 Å². The molecule has 7 nitrogen and oxygen atoms in total. The normalized spacial score (nSPS) is 14.6. The van der Waals surface area contributed by atoms with Crippen LogP contribution in [0.3, 0.4) is 0 Å². The number of hydrogen-bond acceptors (Lipinski definition) is 7. The molecule has 36 heavy (non-hydrogen) atoms. The van der Waals surface area contributed by atoms with Crippen molar-refractivity contribution in [3.8, 4) is 11.4 Å². The van der Waals surface area contributed by atoms with Crippen LogP contribution in [0.2, 0.25) is 0 Å². The molecule has 0 unspecified atom stereocenters. The van der Waals surface area contributed by atoms with E-state index >= 15 is 0 Å². The molecule has 3 aromatic rings. The number of nitrogens with zero attached hydrogens (tertiary/aromatic N) is 2. The van der Waals surface area contributed by atoms with Gasteiger partial charge in [-0.25, -0.2) is 9.37 Å². The van der Waals surface area contributed by atoms with Gasteiger partial charge >= 0.3 is 0 Å². The van der Waals surface area contributed by atoms with E-state index in [1.165, 1.54) is 13.2 Å². The lowest BCUT2D eigenvalue weighted by Crippen LogP contribution is -2.34. The predicted octanol–water partition coefficient (Wildman–Crippen LogP) is 4.72. The lowest BCUT2D eigenvalue weighted by molar-refractivity contribution is -0.125. The molecule has 0 spiro atoms. The Hall–Kier alpha value is -2.59. The van der Waals surface area contributed by atoms with Crippen LogP contribution >= 0.6 is 12.9 Å². The first-order valence-electron chi connectivity index (χ1n) is 12.1. The number of aryl methyl sites for hydroxylation is 2. The largest absolute Gasteiger partial charge is 0.380 e. The molecule has 1 aliphatic heterocycles. The number of fused-ring (bicyclic) bond motifs is 4. The second kappa shape index (κ2) is 11.2. The first kappa shape index (κ1) is 28.0. The number of aromatic nitrogens is 2. The molecule has 3 heterocycles. The molecule has 0 amide bonds. The fraction of sp³-hybridized carbons (Fsp3) is 0.444. The number of pyridine rings is 2. The van der Waals surface area contributed by atoms with E-state index in [2.05, 4.69) is 12.9 Å². The molecule has 2 aromatic heterocycles. The summed E-state index contributed by atoms with van der Waals surface area (Å²) in [4.78, 5) is 30.1. The summed E-state index contributed by atoms with van der Waals surface area (Å²) in [5.74, 6) is -0.277. The molecule has 0 fully saturated rings. The van der Waals surface area contributed by atoms with Crippen molar-refractivity contribution < 1.29 is 23.6 Å². The van der Waals surface area contributed by atoms with Crippen LogP contribution in [-0.4, -0.2) is 32.6 Å². The maximum Gasteiger partial charge on any atom is 0.257 e. The molecule has 2 N–H and O–H groups in total. The van der Waals surface area contributed by atoms with Gasteiger partial charge in [0, 0.05) is 35.3 Å². The number of aldehydes is 1. The Morgan fingerprint density at radius 3 is 2.50 bits per heavy atom. The minimum Gasteiger partial charge on any atom is -0.380 e. The number of carbonyl (C=O) groups excluding carboxylic acids is 1. The van der Waals surface area contributed by atoms with Crippen molar-refractivity contribution in [3.63, 3.8) is 0 Å². The van der Waals surface area contributed by atoms with Gasteiger partial charge in [0.2, 0.25) is 0 Å². The SMILES string of the molecule is CC.CC[C@@](O)(C=O)c1cc2n(c(=O)c1COC)Cc1c-2nc2cc(F)c(C)c3c2c1CCC3.OS. The molecule has 194 valence electrons. The standard InChI is InChI=1S/C25H25FN2O4.C2H6.H2OS/c1-4-25(31,12-29)18-8-21-23-16(10-28(21)24(30)17(18)11-32-3)15-7-5-6-14-13(2)19(26)9-20(27-23)22(14)15;2*1-2/h8-9,12,31H,4-7,10-11H2,1-3H3;1-2H3;1-2H/t25-;;/m1../s1. The zero-order valence-corrected chi connectivity index (χ0v) is 22.2. The number of methoxy groups -OCH3 is 1. The van der Waals surface area contributed by atoms with Gasteiger partial charge in [0.1, 0.15) is 11.4 Å². The van der Waals surface area contributed by atoms with Crippen LogP contribution in [0.1, 0.15) is 67.0 Å². The third-order valence-electron chi connectivity index (χ3n) is 7.12. The Morgan fingerprint density at radius 1 is 1.22 bits per heavy atom. The van der Waals surface area contributed by atoms with E-state index in [1.54, 1.807) is 24.5 Å². The Labute approximate surface area is 215 Å². The summed E-state index contributed by atoms with van der Waals surface area (Å²) in [6, 6.07) is 3.15. The Kier molecular flexibility index (Phi) is 8.71. The number of aliphatic hydroxyl groups is 1. The molecular weight excluding hydrogens is 483 g/mol. The Balaban J connectivity index is 0.000000861. The summed E-state index contributed by atoms with van der Waals surface area (Å²) in [5, 5.41) is 12.0. The van der Waals surface area contributed by atoms with Gasteiger partial charge in [-0.2, -0.15) is 0 Å². The average Bonchev–Trinajstić information content (AvgIpc) is 3.29. The molecule has 1 atom stereocenters. The highest BCUT2D eigenvalue weighted by Crippen LogP contribution is 2.42. The van der Waals surface area contributed by atoms with Gasteiger partial charge in [-0.05, 0) is 68.3 Å². The van der Waals surface area contributed by atoms with Crippen LogP contribution in [0.5, 0.6) is 0 Å². The highest BCUT2D eigenvalue weighted by atomic mass is 32.1. The molecule has 2 aliphatic rings. The van der Waals surface area contributed by atoms with E-state index in [-0.39, 0.29) is 35.5 Å². The molecule has 0 saturated heterocycles. The minimum absolute atomic E-state index is 0.0161. The van der Waals surface area contributed by atoms with E-state index < -0.39 is 5.60 Å². The molecule has 9 heteroatoms. The molecule has 0 saturated carbocycles. The number of halogens is 1. The fourth-order valence-electron chi connectivity index (χ4n) is 5.31. The molecule has 5 rings (SSSR count). The van der Waals surface area contributed by atoms with Gasteiger partial charge < -0.3 is 19.0 Å². The summed E-state index contributed by atoms with van der Waals surface area (Å²) in [5.41, 5.74) is 3.90.